The van der Waals surface area contributed by atoms with Crippen LogP contribution in [0.4, 0.5) is 0 Å². The molecule has 116 valence electrons. The number of hydrogen-bond acceptors (Lipinski definition) is 3. The van der Waals surface area contributed by atoms with Gasteiger partial charge in [0.15, 0.2) is 0 Å². The van der Waals surface area contributed by atoms with Crippen molar-refractivity contribution in [1.29, 1.82) is 0 Å². The number of carbonyl (C=O) groups is 2. The maximum atomic E-state index is 12.2. The molecule has 2 N–H and O–H groups in total. The Morgan fingerprint density at radius 1 is 1.33 bits per heavy atom. The molecule has 0 aliphatic carbocycles. The minimum absolute atomic E-state index is 0.00514. The second kappa shape index (κ2) is 7.88. The summed E-state index contributed by atoms with van der Waals surface area (Å²) >= 11 is 5.92. The Morgan fingerprint density at radius 3 is 2.57 bits per heavy atom. The largest absolute Gasteiger partial charge is 0.490 e. The molecule has 1 unspecified atom stereocenters. The average Bonchev–Trinajstić information content (AvgIpc) is 2.36. The molecule has 1 aromatic rings. The summed E-state index contributed by atoms with van der Waals surface area (Å²) in [7, 11) is 0. The van der Waals surface area contributed by atoms with Gasteiger partial charge in [-0.3, -0.25) is 9.59 Å². The predicted octanol–water partition coefficient (Wildman–Crippen LogP) is 2.97. The lowest BCUT2D eigenvalue weighted by molar-refractivity contribution is -0.137. The van der Waals surface area contributed by atoms with E-state index in [0.29, 0.717) is 16.3 Å². The Morgan fingerprint density at radius 2 is 2.00 bits per heavy atom. The van der Waals surface area contributed by atoms with Gasteiger partial charge in [0.1, 0.15) is 5.75 Å². The van der Waals surface area contributed by atoms with Crippen LogP contribution in [0.15, 0.2) is 18.2 Å². The number of ether oxygens (including phenoxy) is 1. The van der Waals surface area contributed by atoms with Crippen molar-refractivity contribution in [3.8, 4) is 5.75 Å². The molecule has 0 aliphatic heterocycles. The van der Waals surface area contributed by atoms with Gasteiger partial charge in [-0.2, -0.15) is 0 Å². The molecule has 0 heterocycles. The van der Waals surface area contributed by atoms with E-state index in [0.717, 1.165) is 0 Å². The maximum Gasteiger partial charge on any atom is 0.303 e. The Labute approximate surface area is 129 Å². The summed E-state index contributed by atoms with van der Waals surface area (Å²) in [5, 5.41) is 11.8. The van der Waals surface area contributed by atoms with Gasteiger partial charge in [0.25, 0.3) is 5.91 Å². The van der Waals surface area contributed by atoms with E-state index in [9.17, 15) is 9.59 Å². The van der Waals surface area contributed by atoms with Crippen LogP contribution in [0, 0.1) is 5.92 Å². The molecule has 0 aliphatic rings. The maximum absolute atomic E-state index is 12.2. The molecule has 1 rings (SSSR count). The van der Waals surface area contributed by atoms with Crippen LogP contribution in [0.5, 0.6) is 5.75 Å². The van der Waals surface area contributed by atoms with Crippen LogP contribution >= 0.6 is 11.6 Å². The number of benzene rings is 1. The van der Waals surface area contributed by atoms with Gasteiger partial charge < -0.3 is 15.2 Å². The van der Waals surface area contributed by atoms with Crippen molar-refractivity contribution in [3.63, 3.8) is 0 Å². The summed E-state index contributed by atoms with van der Waals surface area (Å²) in [6.45, 7) is 5.77. The third-order valence-electron chi connectivity index (χ3n) is 2.68. The fourth-order valence-corrected chi connectivity index (χ4v) is 1.94. The van der Waals surface area contributed by atoms with E-state index in [2.05, 4.69) is 5.32 Å². The van der Waals surface area contributed by atoms with Gasteiger partial charge in [0.2, 0.25) is 0 Å². The minimum Gasteiger partial charge on any atom is -0.490 e. The predicted molar refractivity (Wildman–Crippen MR) is 81.0 cm³/mol. The van der Waals surface area contributed by atoms with Crippen LogP contribution < -0.4 is 10.1 Å². The summed E-state index contributed by atoms with van der Waals surface area (Å²) < 4.78 is 5.58. The number of nitrogens with one attached hydrogen (secondary N) is 1. The molecule has 6 heteroatoms. The van der Waals surface area contributed by atoms with E-state index in [1.54, 1.807) is 19.1 Å². The van der Waals surface area contributed by atoms with E-state index in [1.165, 1.54) is 6.07 Å². The van der Waals surface area contributed by atoms with Gasteiger partial charge in [0, 0.05) is 18.0 Å². The van der Waals surface area contributed by atoms with E-state index in [4.69, 9.17) is 21.4 Å². The third-order valence-corrected chi connectivity index (χ3v) is 2.92. The normalized spacial score (nSPS) is 12.0. The summed E-state index contributed by atoms with van der Waals surface area (Å²) in [4.78, 5) is 22.8. The lowest BCUT2D eigenvalue weighted by atomic mass is 10.1. The molecule has 21 heavy (non-hydrogen) atoms. The first-order chi connectivity index (χ1) is 9.79. The standard InChI is InChI=1S/C15H20ClNO4/c1-9(2)21-13-5-4-11(16)7-12(13)15(20)17-8-10(3)6-14(18)19/h4-5,7,9-10H,6,8H2,1-3H3,(H,17,20)(H,18,19). The first-order valence-corrected chi connectivity index (χ1v) is 7.13. The summed E-state index contributed by atoms with van der Waals surface area (Å²) in [5.74, 6) is -0.911. The Hall–Kier alpha value is -1.75. The zero-order valence-corrected chi connectivity index (χ0v) is 13.1. The zero-order chi connectivity index (χ0) is 16.0. The summed E-state index contributed by atoms with van der Waals surface area (Å²) in [6, 6.07) is 4.84. The van der Waals surface area contributed by atoms with Gasteiger partial charge in [-0.1, -0.05) is 18.5 Å². The van der Waals surface area contributed by atoms with E-state index in [-0.39, 0.29) is 30.9 Å². The highest BCUT2D eigenvalue weighted by molar-refractivity contribution is 6.31. The fraction of sp³-hybridized carbons (Fsp3) is 0.467. The van der Waals surface area contributed by atoms with Gasteiger partial charge >= 0.3 is 5.97 Å². The number of carboxylic acids is 1. The summed E-state index contributed by atoms with van der Waals surface area (Å²) in [6.07, 6.45) is -0.0609. The molecule has 1 amide bonds. The topological polar surface area (TPSA) is 75.6 Å². The first-order valence-electron chi connectivity index (χ1n) is 6.75. The molecule has 1 atom stereocenters. The van der Waals surface area contributed by atoms with Gasteiger partial charge in [0.05, 0.1) is 11.7 Å². The second-order valence-corrected chi connectivity index (χ2v) is 5.66. The lowest BCUT2D eigenvalue weighted by Crippen LogP contribution is -2.29. The highest BCUT2D eigenvalue weighted by Crippen LogP contribution is 2.24. The molecule has 0 spiro atoms. The number of carboxylic acid groups (broad SMARTS) is 1. The lowest BCUT2D eigenvalue weighted by Gasteiger charge is -2.15. The van der Waals surface area contributed by atoms with Crippen molar-refractivity contribution in [3.05, 3.63) is 28.8 Å². The van der Waals surface area contributed by atoms with E-state index in [1.807, 2.05) is 13.8 Å². The van der Waals surface area contributed by atoms with Crippen molar-refractivity contribution in [1.82, 2.24) is 5.32 Å². The molecule has 0 radical (unpaired) electrons. The van der Waals surface area contributed by atoms with E-state index >= 15 is 0 Å². The number of hydrogen-bond donors (Lipinski definition) is 2. The molecule has 1 aromatic carbocycles. The fourth-order valence-electron chi connectivity index (χ4n) is 1.77. The monoisotopic (exact) mass is 313 g/mol. The van der Waals surface area contributed by atoms with Crippen molar-refractivity contribution in [2.75, 3.05) is 6.54 Å². The van der Waals surface area contributed by atoms with Crippen molar-refractivity contribution >= 4 is 23.5 Å². The van der Waals surface area contributed by atoms with Gasteiger partial charge in [-0.05, 0) is 38.0 Å². The molecule has 0 saturated heterocycles. The zero-order valence-electron chi connectivity index (χ0n) is 12.4. The molecular formula is C15H20ClNO4. The van der Waals surface area contributed by atoms with Crippen molar-refractivity contribution in [2.24, 2.45) is 5.92 Å². The smallest absolute Gasteiger partial charge is 0.303 e. The second-order valence-electron chi connectivity index (χ2n) is 5.22. The number of rotatable bonds is 7. The Bertz CT molecular complexity index is 516. The molecule has 0 fully saturated rings. The van der Waals surface area contributed by atoms with Crippen LogP contribution in [0.25, 0.3) is 0 Å². The average molecular weight is 314 g/mol. The number of halogens is 1. The van der Waals surface area contributed by atoms with Crippen molar-refractivity contribution in [2.45, 2.75) is 33.3 Å². The SMILES string of the molecule is CC(CNC(=O)c1cc(Cl)ccc1OC(C)C)CC(=O)O. The van der Waals surface area contributed by atoms with Crippen LogP contribution in [0.3, 0.4) is 0 Å². The van der Waals surface area contributed by atoms with Gasteiger partial charge in [-0.25, -0.2) is 0 Å². The number of aliphatic carboxylic acids is 1. The van der Waals surface area contributed by atoms with Gasteiger partial charge in [-0.15, -0.1) is 0 Å². The van der Waals surface area contributed by atoms with Crippen LogP contribution in [0.2, 0.25) is 5.02 Å². The molecule has 0 bridgehead atoms. The molecule has 0 saturated carbocycles. The van der Waals surface area contributed by atoms with Crippen LogP contribution in [-0.2, 0) is 4.79 Å². The third kappa shape index (κ3) is 6.04. The Balaban J connectivity index is 2.76. The highest BCUT2D eigenvalue weighted by atomic mass is 35.5. The Kier molecular flexibility index (Phi) is 6.49. The van der Waals surface area contributed by atoms with Crippen LogP contribution in [0.1, 0.15) is 37.6 Å². The van der Waals surface area contributed by atoms with E-state index < -0.39 is 5.97 Å². The molecular weight excluding hydrogens is 294 g/mol. The van der Waals surface area contributed by atoms with Crippen molar-refractivity contribution < 1.29 is 19.4 Å². The number of amides is 1. The quantitative estimate of drug-likeness (QED) is 0.811. The minimum atomic E-state index is -0.886. The highest BCUT2D eigenvalue weighted by Gasteiger charge is 2.16. The molecule has 0 aromatic heterocycles. The molecule has 5 nitrogen and oxygen atoms in total. The summed E-state index contributed by atoms with van der Waals surface area (Å²) in [5.41, 5.74) is 0.346. The van der Waals surface area contributed by atoms with Crippen LogP contribution in [-0.4, -0.2) is 29.6 Å². The first kappa shape index (κ1) is 17.3. The number of carbonyl (C=O) groups excluding carboxylic acids is 1.